The van der Waals surface area contributed by atoms with Crippen molar-refractivity contribution in [1.29, 1.82) is 0 Å². The van der Waals surface area contributed by atoms with E-state index in [1.807, 2.05) is 0 Å². The number of piperidine rings is 1. The Kier molecular flexibility index (Phi) is 7.59. The number of aryl methyl sites for hydroxylation is 1. The zero-order chi connectivity index (χ0) is 26.9. The van der Waals surface area contributed by atoms with Gasteiger partial charge in [-0.05, 0) is 41.9 Å². The SMILES string of the molecule is Cc1nnc(-c2c[nH]c(=O)[nH]c2=O)cc1C(=P)C(C)C(c1ccnc(N2CCC(F)(F)CC2)c1)C(F)F. The standard InChI is InChI=1S/C24H25F4N6O2P/c1-12(20(37)15-10-17(33-32-13(15)2)16-11-30-23(36)31-22(16)35)19(21(25)26)14-3-6-29-18(9-14)34-7-4-24(27,28)5-8-34/h3,6,9-12,19,21,37H,4-5,7-8H2,1-2H3,(H2,30,31,35,36). The minimum absolute atomic E-state index is 0.0664. The zero-order valence-corrected chi connectivity index (χ0v) is 21.1. The van der Waals surface area contributed by atoms with Gasteiger partial charge in [-0.3, -0.25) is 9.78 Å². The molecule has 1 fully saturated rings. The number of aromatic amines is 2. The molecule has 0 aliphatic carbocycles. The van der Waals surface area contributed by atoms with Crippen molar-refractivity contribution in [2.75, 3.05) is 18.0 Å². The van der Waals surface area contributed by atoms with E-state index in [4.69, 9.17) is 0 Å². The Morgan fingerprint density at radius 1 is 1.16 bits per heavy atom. The van der Waals surface area contributed by atoms with Crippen LogP contribution in [0.25, 0.3) is 11.3 Å². The molecule has 4 rings (SSSR count). The third-order valence-corrected chi connectivity index (χ3v) is 7.33. The van der Waals surface area contributed by atoms with E-state index in [1.54, 1.807) is 24.8 Å². The number of pyridine rings is 1. The number of hydrogen-bond acceptors (Lipinski definition) is 6. The van der Waals surface area contributed by atoms with Crippen molar-refractivity contribution in [3.05, 3.63) is 68.3 Å². The van der Waals surface area contributed by atoms with Gasteiger partial charge in [0.25, 0.3) is 11.5 Å². The molecule has 0 bridgehead atoms. The normalized spacial score (nSPS) is 17.0. The number of anilines is 1. The van der Waals surface area contributed by atoms with E-state index in [1.165, 1.54) is 24.5 Å². The molecule has 2 N–H and O–H groups in total. The first-order valence-corrected chi connectivity index (χ1v) is 12.1. The van der Waals surface area contributed by atoms with Gasteiger partial charge in [0.2, 0.25) is 6.43 Å². The second-order valence-electron chi connectivity index (χ2n) is 9.07. The van der Waals surface area contributed by atoms with Crippen LogP contribution in [-0.2, 0) is 0 Å². The van der Waals surface area contributed by atoms with E-state index in [0.717, 1.165) is 0 Å². The lowest BCUT2D eigenvalue weighted by Gasteiger charge is -2.33. The van der Waals surface area contributed by atoms with Crippen LogP contribution in [0, 0.1) is 12.8 Å². The number of nitrogens with one attached hydrogen (secondary N) is 2. The molecule has 0 radical (unpaired) electrons. The van der Waals surface area contributed by atoms with Crippen LogP contribution in [0.2, 0.25) is 0 Å². The molecule has 196 valence electrons. The fourth-order valence-electron chi connectivity index (χ4n) is 4.41. The van der Waals surface area contributed by atoms with Crippen molar-refractivity contribution in [2.24, 2.45) is 5.92 Å². The van der Waals surface area contributed by atoms with Gasteiger partial charge in [0, 0.05) is 43.9 Å². The average molecular weight is 536 g/mol. The molecule has 2 atom stereocenters. The smallest absolute Gasteiger partial charge is 0.325 e. The third-order valence-electron chi connectivity index (χ3n) is 6.60. The molecule has 3 aromatic rings. The molecule has 3 aromatic heterocycles. The zero-order valence-electron chi connectivity index (χ0n) is 20.1. The second-order valence-corrected chi connectivity index (χ2v) is 9.61. The van der Waals surface area contributed by atoms with Gasteiger partial charge in [0.1, 0.15) is 11.5 Å². The average Bonchev–Trinajstić information content (AvgIpc) is 2.84. The number of halogens is 4. The summed E-state index contributed by atoms with van der Waals surface area (Å²) in [6.07, 6.45) is -0.771. The molecular formula is C24H25F4N6O2P. The fraction of sp³-hybridized carbons (Fsp3) is 0.417. The Hall–Kier alpha value is -3.40. The van der Waals surface area contributed by atoms with Crippen molar-refractivity contribution >= 4 is 20.0 Å². The van der Waals surface area contributed by atoms with Crippen LogP contribution in [0.3, 0.4) is 0 Å². The molecule has 13 heteroatoms. The van der Waals surface area contributed by atoms with Crippen LogP contribution in [-0.4, -0.2) is 55.9 Å². The van der Waals surface area contributed by atoms with Crippen molar-refractivity contribution in [3.63, 3.8) is 0 Å². The highest BCUT2D eigenvalue weighted by Gasteiger charge is 2.36. The van der Waals surface area contributed by atoms with Crippen LogP contribution in [0.5, 0.6) is 0 Å². The van der Waals surface area contributed by atoms with Gasteiger partial charge in [0.15, 0.2) is 0 Å². The van der Waals surface area contributed by atoms with Gasteiger partial charge in [0.05, 0.1) is 17.2 Å². The van der Waals surface area contributed by atoms with Crippen molar-refractivity contribution in [1.82, 2.24) is 25.1 Å². The summed E-state index contributed by atoms with van der Waals surface area (Å²) in [5, 5.41) is 8.50. The summed E-state index contributed by atoms with van der Waals surface area (Å²) in [6, 6.07) is 4.57. The number of rotatable bonds is 7. The molecular weight excluding hydrogens is 511 g/mol. The molecule has 1 aliphatic rings. The maximum Gasteiger partial charge on any atom is 0.325 e. The highest BCUT2D eigenvalue weighted by molar-refractivity contribution is 7.22. The van der Waals surface area contributed by atoms with Gasteiger partial charge >= 0.3 is 5.69 Å². The molecule has 1 aliphatic heterocycles. The number of aromatic nitrogens is 5. The van der Waals surface area contributed by atoms with Crippen LogP contribution in [0.1, 0.15) is 42.5 Å². The lowest BCUT2D eigenvalue weighted by atomic mass is 9.83. The lowest BCUT2D eigenvalue weighted by Crippen LogP contribution is -2.39. The van der Waals surface area contributed by atoms with Gasteiger partial charge in [-0.2, -0.15) is 5.10 Å². The molecule has 37 heavy (non-hydrogen) atoms. The Morgan fingerprint density at radius 3 is 2.51 bits per heavy atom. The third kappa shape index (κ3) is 5.79. The highest BCUT2D eigenvalue weighted by atomic mass is 31.0. The fourth-order valence-corrected chi connectivity index (χ4v) is 4.84. The first kappa shape index (κ1) is 26.7. The molecule has 0 amide bonds. The summed E-state index contributed by atoms with van der Waals surface area (Å²) in [5.74, 6) is -4.36. The molecule has 1 saturated heterocycles. The first-order chi connectivity index (χ1) is 17.5. The summed E-state index contributed by atoms with van der Waals surface area (Å²) in [5.41, 5.74) is 0.112. The predicted molar refractivity (Wildman–Crippen MR) is 134 cm³/mol. The molecule has 0 saturated carbocycles. The second kappa shape index (κ2) is 10.5. The van der Waals surface area contributed by atoms with Crippen LogP contribution < -0.4 is 16.1 Å². The Bertz CT molecular complexity index is 1420. The van der Waals surface area contributed by atoms with E-state index >= 15 is 0 Å². The molecule has 2 unspecified atom stereocenters. The minimum atomic E-state index is -2.75. The molecule has 8 nitrogen and oxygen atoms in total. The summed E-state index contributed by atoms with van der Waals surface area (Å²) in [6.45, 7) is 3.46. The van der Waals surface area contributed by atoms with Crippen molar-refractivity contribution in [3.8, 4) is 11.3 Å². The summed E-state index contributed by atoms with van der Waals surface area (Å²) >= 11 is 0. The summed E-state index contributed by atoms with van der Waals surface area (Å²) < 4.78 is 56.0. The number of nitrogens with zero attached hydrogens (tertiary/aromatic N) is 4. The Morgan fingerprint density at radius 2 is 1.86 bits per heavy atom. The van der Waals surface area contributed by atoms with Gasteiger partial charge in [-0.1, -0.05) is 6.92 Å². The van der Waals surface area contributed by atoms with Crippen LogP contribution in [0.15, 0.2) is 40.2 Å². The molecule has 0 spiro atoms. The topological polar surface area (TPSA) is 108 Å². The number of H-pyrrole nitrogens is 2. The number of alkyl halides is 4. The van der Waals surface area contributed by atoms with E-state index in [0.29, 0.717) is 27.9 Å². The van der Waals surface area contributed by atoms with E-state index in [9.17, 15) is 27.2 Å². The first-order valence-electron chi connectivity index (χ1n) is 11.6. The van der Waals surface area contributed by atoms with Crippen LogP contribution in [0.4, 0.5) is 23.4 Å². The van der Waals surface area contributed by atoms with Crippen molar-refractivity contribution in [2.45, 2.75) is 45.0 Å². The maximum absolute atomic E-state index is 14.4. The Labute approximate surface area is 211 Å². The summed E-state index contributed by atoms with van der Waals surface area (Å²) in [4.78, 5) is 33.9. The highest BCUT2D eigenvalue weighted by Crippen LogP contribution is 2.37. The largest absolute Gasteiger partial charge is 0.356 e. The van der Waals surface area contributed by atoms with Crippen LogP contribution >= 0.6 is 8.86 Å². The van der Waals surface area contributed by atoms with E-state index < -0.39 is 35.4 Å². The minimum Gasteiger partial charge on any atom is -0.356 e. The summed E-state index contributed by atoms with van der Waals surface area (Å²) in [7, 11) is 3.54. The van der Waals surface area contributed by atoms with E-state index in [-0.39, 0.29) is 37.2 Å². The van der Waals surface area contributed by atoms with E-state index in [2.05, 4.69) is 34.0 Å². The van der Waals surface area contributed by atoms with Gasteiger partial charge < -0.3 is 9.88 Å². The Balaban J connectivity index is 1.64. The van der Waals surface area contributed by atoms with Gasteiger partial charge in [-0.15, -0.1) is 14.0 Å². The quantitative estimate of drug-likeness (QED) is 0.351. The maximum atomic E-state index is 14.4. The lowest BCUT2D eigenvalue weighted by molar-refractivity contribution is -0.0221. The molecule has 0 aromatic carbocycles. The predicted octanol–water partition coefficient (Wildman–Crippen LogP) is 3.81. The van der Waals surface area contributed by atoms with Gasteiger partial charge in [-0.25, -0.2) is 27.3 Å². The monoisotopic (exact) mass is 536 g/mol. The molecule has 4 heterocycles. The number of hydrogen-bond donors (Lipinski definition) is 2. The van der Waals surface area contributed by atoms with Crippen molar-refractivity contribution < 1.29 is 17.6 Å².